The van der Waals surface area contributed by atoms with Crippen LogP contribution in [0.15, 0.2) is 29.2 Å². The van der Waals surface area contributed by atoms with Crippen LogP contribution in [0.25, 0.3) is 0 Å². The molecule has 0 aromatic heterocycles. The fourth-order valence-corrected chi connectivity index (χ4v) is 3.80. The molecule has 0 spiro atoms. The predicted molar refractivity (Wildman–Crippen MR) is 100 cm³/mol. The highest BCUT2D eigenvalue weighted by atomic mass is 32.2. The maximum absolute atomic E-state index is 12.4. The van der Waals surface area contributed by atoms with E-state index in [4.69, 9.17) is 4.74 Å². The Morgan fingerprint density at radius 1 is 1.19 bits per heavy atom. The van der Waals surface area contributed by atoms with Crippen LogP contribution in [0.2, 0.25) is 0 Å². The number of likely N-dealkylation sites (tertiary alicyclic amines) is 1. The minimum atomic E-state index is -0.800. The van der Waals surface area contributed by atoms with Crippen LogP contribution in [0.5, 0.6) is 0 Å². The Kier molecular flexibility index (Phi) is 5.86. The standard InChI is InChI=1S/C19H24N2O4S/c1-13(18(23)20-9-3-4-10-20)25-19(24)14-11-17(22)21(12-14)15-5-7-16(26-2)8-6-15/h5-8,13-14H,3-4,9-12H2,1-2H3. The second kappa shape index (κ2) is 8.12. The molecular weight excluding hydrogens is 352 g/mol. The van der Waals surface area contributed by atoms with Crippen molar-refractivity contribution in [2.45, 2.75) is 37.2 Å². The van der Waals surface area contributed by atoms with E-state index in [2.05, 4.69) is 0 Å². The van der Waals surface area contributed by atoms with Crippen LogP contribution in [-0.2, 0) is 19.1 Å². The van der Waals surface area contributed by atoms with Gasteiger partial charge in [0.1, 0.15) is 0 Å². The number of carbonyl (C=O) groups is 3. The number of ether oxygens (including phenoxy) is 1. The number of nitrogens with zero attached hydrogens (tertiary/aromatic N) is 2. The molecule has 0 N–H and O–H groups in total. The summed E-state index contributed by atoms with van der Waals surface area (Å²) in [6.45, 7) is 3.35. The summed E-state index contributed by atoms with van der Waals surface area (Å²) in [7, 11) is 0. The predicted octanol–water partition coefficient (Wildman–Crippen LogP) is 2.32. The first-order valence-electron chi connectivity index (χ1n) is 8.93. The lowest BCUT2D eigenvalue weighted by molar-refractivity contribution is -0.161. The summed E-state index contributed by atoms with van der Waals surface area (Å²) in [4.78, 5) is 41.5. The van der Waals surface area contributed by atoms with Crippen molar-refractivity contribution >= 4 is 35.2 Å². The van der Waals surface area contributed by atoms with Gasteiger partial charge in [-0.15, -0.1) is 11.8 Å². The molecule has 2 fully saturated rings. The van der Waals surface area contributed by atoms with E-state index in [0.29, 0.717) is 6.54 Å². The van der Waals surface area contributed by atoms with E-state index < -0.39 is 18.0 Å². The molecule has 26 heavy (non-hydrogen) atoms. The summed E-state index contributed by atoms with van der Waals surface area (Å²) < 4.78 is 5.37. The molecule has 7 heteroatoms. The maximum atomic E-state index is 12.4. The van der Waals surface area contributed by atoms with E-state index in [-0.39, 0.29) is 18.2 Å². The van der Waals surface area contributed by atoms with Crippen molar-refractivity contribution in [3.05, 3.63) is 24.3 Å². The lowest BCUT2D eigenvalue weighted by Crippen LogP contribution is -2.39. The van der Waals surface area contributed by atoms with Crippen molar-refractivity contribution in [1.29, 1.82) is 0 Å². The monoisotopic (exact) mass is 376 g/mol. The fraction of sp³-hybridized carbons (Fsp3) is 0.526. The van der Waals surface area contributed by atoms with Gasteiger partial charge in [-0.2, -0.15) is 0 Å². The van der Waals surface area contributed by atoms with Gasteiger partial charge in [0.15, 0.2) is 6.10 Å². The van der Waals surface area contributed by atoms with Crippen molar-refractivity contribution < 1.29 is 19.1 Å². The van der Waals surface area contributed by atoms with Gasteiger partial charge in [0, 0.05) is 36.6 Å². The molecule has 2 saturated heterocycles. The van der Waals surface area contributed by atoms with Gasteiger partial charge in [-0.3, -0.25) is 14.4 Å². The molecule has 0 aliphatic carbocycles. The normalized spacial score (nSPS) is 21.2. The van der Waals surface area contributed by atoms with Gasteiger partial charge in [0.25, 0.3) is 5.91 Å². The van der Waals surface area contributed by atoms with Crippen molar-refractivity contribution in [2.24, 2.45) is 5.92 Å². The Labute approximate surface area is 157 Å². The summed E-state index contributed by atoms with van der Waals surface area (Å²) in [5.74, 6) is -1.25. The van der Waals surface area contributed by atoms with Gasteiger partial charge in [-0.25, -0.2) is 0 Å². The van der Waals surface area contributed by atoms with E-state index in [1.807, 2.05) is 30.5 Å². The molecule has 2 aliphatic rings. The van der Waals surface area contributed by atoms with Crippen molar-refractivity contribution in [3.63, 3.8) is 0 Å². The molecule has 2 amide bonds. The Morgan fingerprint density at radius 3 is 2.46 bits per heavy atom. The highest BCUT2D eigenvalue weighted by Crippen LogP contribution is 2.28. The Bertz CT molecular complexity index is 685. The quantitative estimate of drug-likeness (QED) is 0.583. The highest BCUT2D eigenvalue weighted by molar-refractivity contribution is 7.98. The summed E-state index contributed by atoms with van der Waals surface area (Å²) in [6, 6.07) is 7.68. The molecule has 2 aliphatic heterocycles. The molecule has 2 unspecified atom stereocenters. The van der Waals surface area contributed by atoms with Crippen LogP contribution >= 0.6 is 11.8 Å². The largest absolute Gasteiger partial charge is 0.452 e. The first-order valence-corrected chi connectivity index (χ1v) is 10.2. The fourth-order valence-electron chi connectivity index (χ4n) is 3.39. The Morgan fingerprint density at radius 2 is 1.85 bits per heavy atom. The zero-order chi connectivity index (χ0) is 18.7. The molecule has 2 atom stereocenters. The molecule has 3 rings (SSSR count). The molecule has 1 aromatic carbocycles. The third-order valence-corrected chi connectivity index (χ3v) is 5.64. The van der Waals surface area contributed by atoms with E-state index >= 15 is 0 Å². The maximum Gasteiger partial charge on any atom is 0.312 e. The van der Waals surface area contributed by atoms with E-state index in [0.717, 1.165) is 36.5 Å². The van der Waals surface area contributed by atoms with Crippen LogP contribution in [0, 0.1) is 5.92 Å². The lowest BCUT2D eigenvalue weighted by Gasteiger charge is -2.21. The first kappa shape index (κ1) is 18.8. The van der Waals surface area contributed by atoms with Gasteiger partial charge in [-0.05, 0) is 50.3 Å². The summed E-state index contributed by atoms with van der Waals surface area (Å²) in [6.07, 6.45) is 3.30. The van der Waals surface area contributed by atoms with Gasteiger partial charge in [0.05, 0.1) is 5.92 Å². The second-order valence-electron chi connectivity index (χ2n) is 6.71. The third-order valence-electron chi connectivity index (χ3n) is 4.90. The highest BCUT2D eigenvalue weighted by Gasteiger charge is 2.37. The molecule has 2 heterocycles. The number of benzene rings is 1. The Balaban J connectivity index is 1.58. The Hall–Kier alpha value is -2.02. The minimum Gasteiger partial charge on any atom is -0.452 e. The zero-order valence-corrected chi connectivity index (χ0v) is 16.0. The number of rotatable bonds is 5. The van der Waals surface area contributed by atoms with Crippen LogP contribution in [0.3, 0.4) is 0 Å². The molecule has 6 nitrogen and oxygen atoms in total. The van der Waals surface area contributed by atoms with Crippen LogP contribution < -0.4 is 4.90 Å². The van der Waals surface area contributed by atoms with Crippen LogP contribution in [0.1, 0.15) is 26.2 Å². The van der Waals surface area contributed by atoms with Gasteiger partial charge < -0.3 is 14.5 Å². The summed E-state index contributed by atoms with van der Waals surface area (Å²) in [5.41, 5.74) is 0.782. The van der Waals surface area contributed by atoms with E-state index in [9.17, 15) is 14.4 Å². The molecule has 0 radical (unpaired) electrons. The van der Waals surface area contributed by atoms with E-state index in [1.165, 1.54) is 0 Å². The SMILES string of the molecule is CSc1ccc(N2CC(C(=O)OC(C)C(=O)N3CCCC3)CC2=O)cc1. The number of thioether (sulfide) groups is 1. The molecular formula is C19H24N2O4S. The van der Waals surface area contributed by atoms with E-state index in [1.54, 1.807) is 28.5 Å². The third kappa shape index (κ3) is 4.03. The van der Waals surface area contributed by atoms with Gasteiger partial charge in [-0.1, -0.05) is 0 Å². The molecule has 140 valence electrons. The zero-order valence-electron chi connectivity index (χ0n) is 15.1. The molecule has 1 aromatic rings. The first-order chi connectivity index (χ1) is 12.5. The van der Waals surface area contributed by atoms with Crippen molar-refractivity contribution in [2.75, 3.05) is 30.8 Å². The van der Waals surface area contributed by atoms with Crippen molar-refractivity contribution in [3.8, 4) is 0 Å². The topological polar surface area (TPSA) is 66.9 Å². The average Bonchev–Trinajstić information content (AvgIpc) is 3.31. The number of hydrogen-bond donors (Lipinski definition) is 0. The van der Waals surface area contributed by atoms with Crippen molar-refractivity contribution in [1.82, 2.24) is 4.90 Å². The smallest absolute Gasteiger partial charge is 0.312 e. The van der Waals surface area contributed by atoms with Gasteiger partial charge in [0.2, 0.25) is 5.91 Å². The van der Waals surface area contributed by atoms with Crippen LogP contribution in [-0.4, -0.2) is 54.7 Å². The molecule has 0 saturated carbocycles. The number of anilines is 1. The van der Waals surface area contributed by atoms with Crippen LogP contribution in [0.4, 0.5) is 5.69 Å². The summed E-state index contributed by atoms with van der Waals surface area (Å²) >= 11 is 1.63. The number of carbonyl (C=O) groups excluding carboxylic acids is 3. The average molecular weight is 376 g/mol. The minimum absolute atomic E-state index is 0.0950. The lowest BCUT2D eigenvalue weighted by atomic mass is 10.1. The number of amides is 2. The number of esters is 1. The molecule has 0 bridgehead atoms. The summed E-state index contributed by atoms with van der Waals surface area (Å²) in [5, 5.41) is 0. The second-order valence-corrected chi connectivity index (χ2v) is 7.59. The van der Waals surface area contributed by atoms with Gasteiger partial charge >= 0.3 is 5.97 Å². The number of hydrogen-bond acceptors (Lipinski definition) is 5.